The number of benzene rings is 1. The van der Waals surface area contributed by atoms with Gasteiger partial charge in [-0.2, -0.15) is 0 Å². The van der Waals surface area contributed by atoms with Gasteiger partial charge in [0.1, 0.15) is 18.5 Å². The first kappa shape index (κ1) is 16.4. The van der Waals surface area contributed by atoms with Gasteiger partial charge >= 0.3 is 6.03 Å². The molecule has 3 unspecified atom stereocenters. The summed E-state index contributed by atoms with van der Waals surface area (Å²) in [6.07, 6.45) is 0.644. The number of nitrogens with one attached hydrogen (secondary N) is 1. The average Bonchev–Trinajstić information content (AvgIpc) is 3.01. The largest absolute Gasteiger partial charge is 0.343 e. The zero-order valence-electron chi connectivity index (χ0n) is 15.0. The third-order valence-electron chi connectivity index (χ3n) is 5.61. The van der Waals surface area contributed by atoms with Gasteiger partial charge in [-0.1, -0.05) is 18.2 Å². The molecule has 0 radical (unpaired) electrons. The summed E-state index contributed by atoms with van der Waals surface area (Å²) >= 11 is 0. The van der Waals surface area contributed by atoms with Crippen molar-refractivity contribution < 1.29 is 9.59 Å². The number of carbonyl (C=O) groups is 2. The van der Waals surface area contributed by atoms with E-state index in [9.17, 15) is 9.59 Å². The molecule has 0 bridgehead atoms. The molecule has 0 aromatic heterocycles. The standard InChI is InChI=1S/C18H25N5O2/c1-4-21-16(24)14-15(20(3)18(21)25)19-17-22(10-7-11-23(14)17)13-9-6-5-8-12(13)2/h5-6,8-9,14-15,17,19H,4,7,10-11H2,1-3H3. The van der Waals surface area contributed by atoms with Crippen molar-refractivity contribution in [2.45, 2.75) is 38.8 Å². The Kier molecular flexibility index (Phi) is 3.92. The van der Waals surface area contributed by atoms with Crippen LogP contribution in [0.4, 0.5) is 10.5 Å². The van der Waals surface area contributed by atoms with Crippen molar-refractivity contribution >= 4 is 17.6 Å². The van der Waals surface area contributed by atoms with Crippen LogP contribution in [0.1, 0.15) is 18.9 Å². The number of nitrogens with zero attached hydrogens (tertiary/aromatic N) is 4. The van der Waals surface area contributed by atoms with Gasteiger partial charge in [0.2, 0.25) is 0 Å². The number of para-hydroxylation sites is 1. The minimum Gasteiger partial charge on any atom is -0.343 e. The molecule has 25 heavy (non-hydrogen) atoms. The van der Waals surface area contributed by atoms with Crippen LogP contribution < -0.4 is 10.2 Å². The van der Waals surface area contributed by atoms with Crippen molar-refractivity contribution in [3.8, 4) is 0 Å². The molecule has 7 nitrogen and oxygen atoms in total. The lowest BCUT2D eigenvalue weighted by atomic mass is 10.1. The number of aryl methyl sites for hydroxylation is 1. The average molecular weight is 343 g/mol. The van der Waals surface area contributed by atoms with Gasteiger partial charge in [-0.15, -0.1) is 0 Å². The van der Waals surface area contributed by atoms with E-state index in [4.69, 9.17) is 0 Å². The van der Waals surface area contributed by atoms with E-state index in [0.717, 1.165) is 19.5 Å². The molecule has 0 aliphatic carbocycles. The fourth-order valence-electron chi connectivity index (χ4n) is 4.34. The van der Waals surface area contributed by atoms with E-state index in [1.54, 1.807) is 11.9 Å². The van der Waals surface area contributed by atoms with Gasteiger partial charge in [0.15, 0.2) is 0 Å². The molecule has 0 spiro atoms. The number of hydrogen-bond acceptors (Lipinski definition) is 5. The summed E-state index contributed by atoms with van der Waals surface area (Å²) < 4.78 is 0. The second-order valence-corrected chi connectivity index (χ2v) is 6.98. The first-order chi connectivity index (χ1) is 12.0. The number of carbonyl (C=O) groups excluding carboxylic acids is 2. The number of imide groups is 1. The third-order valence-corrected chi connectivity index (χ3v) is 5.61. The first-order valence-electron chi connectivity index (χ1n) is 8.97. The van der Waals surface area contributed by atoms with Gasteiger partial charge in [0.05, 0.1) is 0 Å². The third kappa shape index (κ3) is 2.33. The Balaban J connectivity index is 1.69. The normalized spacial score (nSPS) is 29.9. The molecule has 3 aliphatic rings. The molecule has 0 saturated carbocycles. The number of urea groups is 1. The smallest absolute Gasteiger partial charge is 0.327 e. The van der Waals surface area contributed by atoms with Crippen molar-refractivity contribution in [1.82, 2.24) is 20.0 Å². The van der Waals surface area contributed by atoms with Crippen molar-refractivity contribution in [2.24, 2.45) is 0 Å². The van der Waals surface area contributed by atoms with Gasteiger partial charge in [0, 0.05) is 32.4 Å². The van der Waals surface area contributed by atoms with Gasteiger partial charge in [0.25, 0.3) is 5.91 Å². The van der Waals surface area contributed by atoms with E-state index < -0.39 is 0 Å². The SMILES string of the molecule is CCN1C(=O)C2C(NC3N(c4ccccc4C)CCCN23)N(C)C1=O. The van der Waals surface area contributed by atoms with E-state index >= 15 is 0 Å². The number of rotatable bonds is 2. The molecule has 1 aromatic rings. The Labute approximate surface area is 148 Å². The molecule has 3 fully saturated rings. The second-order valence-electron chi connectivity index (χ2n) is 6.98. The van der Waals surface area contributed by atoms with Crippen LogP contribution in [0.5, 0.6) is 0 Å². The van der Waals surface area contributed by atoms with Gasteiger partial charge in [-0.05, 0) is 31.9 Å². The Morgan fingerprint density at radius 3 is 2.68 bits per heavy atom. The summed E-state index contributed by atoms with van der Waals surface area (Å²) in [5.74, 6) is -0.0859. The fraction of sp³-hybridized carbons (Fsp3) is 0.556. The molecule has 3 atom stereocenters. The number of anilines is 1. The maximum absolute atomic E-state index is 12.9. The van der Waals surface area contributed by atoms with Crippen molar-refractivity contribution in [1.29, 1.82) is 0 Å². The highest BCUT2D eigenvalue weighted by Crippen LogP contribution is 2.33. The lowest BCUT2D eigenvalue weighted by Gasteiger charge is -2.44. The minimum atomic E-state index is -0.320. The van der Waals surface area contributed by atoms with E-state index in [-0.39, 0.29) is 30.4 Å². The molecule has 1 aromatic carbocycles. The summed E-state index contributed by atoms with van der Waals surface area (Å²) in [5.41, 5.74) is 2.39. The zero-order chi connectivity index (χ0) is 17.7. The highest BCUT2D eigenvalue weighted by Gasteiger charge is 2.55. The molecule has 7 heteroatoms. The monoisotopic (exact) mass is 343 g/mol. The van der Waals surface area contributed by atoms with E-state index in [2.05, 4.69) is 34.2 Å². The minimum absolute atomic E-state index is 0.0687. The fourth-order valence-corrected chi connectivity index (χ4v) is 4.34. The number of fused-ring (bicyclic) bond motifs is 3. The zero-order valence-corrected chi connectivity index (χ0v) is 15.0. The predicted octanol–water partition coefficient (Wildman–Crippen LogP) is 1.00. The number of hydrogen-bond donors (Lipinski definition) is 1. The summed E-state index contributed by atoms with van der Waals surface area (Å²) in [5, 5.41) is 3.54. The van der Waals surface area contributed by atoms with Crippen LogP contribution in [-0.2, 0) is 4.79 Å². The lowest BCUT2D eigenvalue weighted by molar-refractivity contribution is -0.138. The number of likely N-dealkylation sites (N-methyl/N-ethyl adjacent to an activating group) is 2. The highest BCUT2D eigenvalue weighted by molar-refractivity contribution is 6.00. The topological polar surface area (TPSA) is 59.1 Å². The van der Waals surface area contributed by atoms with E-state index in [0.29, 0.717) is 6.54 Å². The Morgan fingerprint density at radius 2 is 1.96 bits per heavy atom. The summed E-state index contributed by atoms with van der Waals surface area (Å²) in [6, 6.07) is 7.77. The molecule has 1 N–H and O–H groups in total. The maximum Gasteiger partial charge on any atom is 0.327 e. The summed E-state index contributed by atoms with van der Waals surface area (Å²) in [6.45, 7) is 6.15. The van der Waals surface area contributed by atoms with Crippen LogP contribution in [0.25, 0.3) is 0 Å². The summed E-state index contributed by atoms with van der Waals surface area (Å²) in [7, 11) is 1.78. The molecule has 3 aliphatic heterocycles. The molecular weight excluding hydrogens is 318 g/mol. The Morgan fingerprint density at radius 1 is 1.20 bits per heavy atom. The molecule has 4 rings (SSSR count). The van der Waals surface area contributed by atoms with E-state index in [1.807, 2.05) is 19.1 Å². The predicted molar refractivity (Wildman–Crippen MR) is 94.9 cm³/mol. The molecule has 3 saturated heterocycles. The van der Waals surface area contributed by atoms with Crippen LogP contribution in [0.15, 0.2) is 24.3 Å². The van der Waals surface area contributed by atoms with Crippen molar-refractivity contribution in [3.63, 3.8) is 0 Å². The quantitative estimate of drug-likeness (QED) is 0.868. The maximum atomic E-state index is 12.9. The Hall–Kier alpha value is -2.12. The van der Waals surface area contributed by atoms with Crippen LogP contribution in [-0.4, -0.2) is 71.8 Å². The molecule has 3 amide bonds. The van der Waals surface area contributed by atoms with Crippen LogP contribution >= 0.6 is 0 Å². The molecule has 3 heterocycles. The molecular formula is C18H25N5O2. The van der Waals surface area contributed by atoms with Crippen molar-refractivity contribution in [3.05, 3.63) is 29.8 Å². The van der Waals surface area contributed by atoms with E-state index in [1.165, 1.54) is 16.2 Å². The molecule has 134 valence electrons. The van der Waals surface area contributed by atoms with Gasteiger partial charge in [-0.25, -0.2) is 4.79 Å². The van der Waals surface area contributed by atoms with Crippen molar-refractivity contribution in [2.75, 3.05) is 31.6 Å². The van der Waals surface area contributed by atoms with Gasteiger partial charge < -0.3 is 9.80 Å². The first-order valence-corrected chi connectivity index (χ1v) is 8.97. The highest BCUT2D eigenvalue weighted by atomic mass is 16.2. The lowest BCUT2D eigenvalue weighted by Crippen LogP contribution is -2.66. The van der Waals surface area contributed by atoms with Crippen LogP contribution in [0.3, 0.4) is 0 Å². The van der Waals surface area contributed by atoms with Crippen LogP contribution in [0, 0.1) is 6.92 Å². The summed E-state index contributed by atoms with van der Waals surface area (Å²) in [4.78, 5) is 33.0. The Bertz CT molecular complexity index is 708. The van der Waals surface area contributed by atoms with Gasteiger partial charge in [-0.3, -0.25) is 19.9 Å². The van der Waals surface area contributed by atoms with Crippen LogP contribution in [0.2, 0.25) is 0 Å². The number of amides is 3. The second kappa shape index (κ2) is 6.00.